The Balaban J connectivity index is 2.43. The molecule has 1 saturated heterocycles. The quantitative estimate of drug-likeness (QED) is 0.668. The Labute approximate surface area is 87.1 Å². The lowest BCUT2D eigenvalue weighted by Gasteiger charge is -2.35. The van der Waals surface area contributed by atoms with Crippen molar-refractivity contribution in [3.05, 3.63) is 0 Å². The Hall–Kier alpha value is -1.22. The van der Waals surface area contributed by atoms with Gasteiger partial charge in [0.15, 0.2) is 0 Å². The topological polar surface area (TPSA) is 47.3 Å². The van der Waals surface area contributed by atoms with Crippen LogP contribution in [0.15, 0.2) is 0 Å². The summed E-state index contributed by atoms with van der Waals surface area (Å²) < 4.78 is 24.2. The molecule has 0 radical (unpaired) electrons. The second-order valence-electron chi connectivity index (χ2n) is 3.47. The molecule has 1 atom stereocenters. The molecule has 0 spiro atoms. The number of piperazine rings is 1. The summed E-state index contributed by atoms with van der Waals surface area (Å²) in [7, 11) is 0. The third kappa shape index (κ3) is 2.86. The van der Waals surface area contributed by atoms with Gasteiger partial charge < -0.3 is 4.90 Å². The summed E-state index contributed by atoms with van der Waals surface area (Å²) in [4.78, 5) is 14.0. The molecule has 0 aromatic heterocycles. The van der Waals surface area contributed by atoms with E-state index in [1.165, 1.54) is 0 Å². The summed E-state index contributed by atoms with van der Waals surface area (Å²) in [6, 6.07) is 1.85. The van der Waals surface area contributed by atoms with Crippen molar-refractivity contribution in [3.8, 4) is 6.07 Å². The summed E-state index contributed by atoms with van der Waals surface area (Å²) in [6.07, 6.45) is -2.93. The van der Waals surface area contributed by atoms with Gasteiger partial charge in [0.05, 0.1) is 12.1 Å². The standard InChI is InChI=1S/C9H13F2N3O/c1-7(6-12)13-2-4-14(5-3-13)9(15)8(10)11/h7-8H,2-5H2,1H3. The van der Waals surface area contributed by atoms with Gasteiger partial charge >= 0.3 is 6.43 Å². The fraction of sp³-hybridized carbons (Fsp3) is 0.778. The largest absolute Gasteiger partial charge is 0.335 e. The summed E-state index contributed by atoms with van der Waals surface area (Å²) in [5.41, 5.74) is 0. The summed E-state index contributed by atoms with van der Waals surface area (Å²) in [5, 5.41) is 8.66. The predicted molar refractivity (Wildman–Crippen MR) is 49.2 cm³/mol. The van der Waals surface area contributed by atoms with Crippen LogP contribution in [0.2, 0.25) is 0 Å². The van der Waals surface area contributed by atoms with E-state index in [9.17, 15) is 13.6 Å². The minimum absolute atomic E-state index is 0.228. The normalized spacial score (nSPS) is 20.1. The molecule has 1 rings (SSSR count). The molecule has 84 valence electrons. The lowest BCUT2D eigenvalue weighted by atomic mass is 10.2. The highest BCUT2D eigenvalue weighted by atomic mass is 19.3. The average Bonchev–Trinajstić information content (AvgIpc) is 2.27. The number of carbonyl (C=O) groups is 1. The van der Waals surface area contributed by atoms with Gasteiger partial charge in [-0.2, -0.15) is 14.0 Å². The van der Waals surface area contributed by atoms with Gasteiger partial charge in [-0.1, -0.05) is 0 Å². The van der Waals surface area contributed by atoms with Crippen LogP contribution >= 0.6 is 0 Å². The second-order valence-corrected chi connectivity index (χ2v) is 3.47. The first-order valence-electron chi connectivity index (χ1n) is 4.77. The van der Waals surface area contributed by atoms with E-state index in [1.807, 2.05) is 4.90 Å². The van der Waals surface area contributed by atoms with Gasteiger partial charge in [0, 0.05) is 26.2 Å². The minimum Gasteiger partial charge on any atom is -0.335 e. The number of rotatable bonds is 2. The van der Waals surface area contributed by atoms with Gasteiger partial charge in [0.1, 0.15) is 0 Å². The molecule has 1 aliphatic rings. The van der Waals surface area contributed by atoms with E-state index < -0.39 is 12.3 Å². The van der Waals surface area contributed by atoms with Crippen LogP contribution in [0.5, 0.6) is 0 Å². The van der Waals surface area contributed by atoms with Crippen molar-refractivity contribution in [1.82, 2.24) is 9.80 Å². The highest BCUT2D eigenvalue weighted by Gasteiger charge is 2.28. The third-order valence-electron chi connectivity index (χ3n) is 2.55. The molecule has 0 aromatic rings. The number of alkyl halides is 2. The highest BCUT2D eigenvalue weighted by Crippen LogP contribution is 2.08. The number of halogens is 2. The molecule has 0 aliphatic carbocycles. The zero-order valence-electron chi connectivity index (χ0n) is 8.49. The average molecular weight is 217 g/mol. The molecule has 6 heteroatoms. The van der Waals surface area contributed by atoms with E-state index in [-0.39, 0.29) is 19.1 Å². The Bertz CT molecular complexity index is 269. The van der Waals surface area contributed by atoms with Crippen LogP contribution in [0.25, 0.3) is 0 Å². The molecule has 4 nitrogen and oxygen atoms in total. The van der Waals surface area contributed by atoms with Gasteiger partial charge in [-0.15, -0.1) is 0 Å². The molecule has 0 aromatic carbocycles. The van der Waals surface area contributed by atoms with Crippen LogP contribution in [-0.4, -0.2) is 54.4 Å². The van der Waals surface area contributed by atoms with E-state index in [2.05, 4.69) is 6.07 Å². The smallest absolute Gasteiger partial charge is 0.315 e. The van der Waals surface area contributed by atoms with Crippen LogP contribution in [-0.2, 0) is 4.79 Å². The van der Waals surface area contributed by atoms with Crippen LogP contribution in [0.1, 0.15) is 6.92 Å². The Kier molecular flexibility index (Phi) is 3.97. The first kappa shape index (κ1) is 11.9. The van der Waals surface area contributed by atoms with Crippen LogP contribution < -0.4 is 0 Å². The maximum atomic E-state index is 12.1. The van der Waals surface area contributed by atoms with Crippen molar-refractivity contribution >= 4 is 5.91 Å². The third-order valence-corrected chi connectivity index (χ3v) is 2.55. The number of hydrogen-bond donors (Lipinski definition) is 0. The molecule has 15 heavy (non-hydrogen) atoms. The van der Waals surface area contributed by atoms with Gasteiger partial charge in [-0.3, -0.25) is 9.69 Å². The molecule has 1 amide bonds. The fourth-order valence-corrected chi connectivity index (χ4v) is 1.55. The Morgan fingerprint density at radius 2 is 1.87 bits per heavy atom. The number of nitrogens with zero attached hydrogens (tertiary/aromatic N) is 3. The van der Waals surface area contributed by atoms with Crippen LogP contribution in [0.3, 0.4) is 0 Å². The lowest BCUT2D eigenvalue weighted by molar-refractivity contribution is -0.144. The second kappa shape index (κ2) is 5.03. The lowest BCUT2D eigenvalue weighted by Crippen LogP contribution is -2.52. The van der Waals surface area contributed by atoms with E-state index in [0.29, 0.717) is 13.1 Å². The maximum Gasteiger partial charge on any atom is 0.315 e. The maximum absolute atomic E-state index is 12.1. The monoisotopic (exact) mass is 217 g/mol. The summed E-state index contributed by atoms with van der Waals surface area (Å²) >= 11 is 0. The highest BCUT2D eigenvalue weighted by molar-refractivity contribution is 5.79. The summed E-state index contributed by atoms with van der Waals surface area (Å²) in [6.45, 7) is 3.26. The first-order chi connectivity index (χ1) is 7.06. The molecular weight excluding hydrogens is 204 g/mol. The zero-order chi connectivity index (χ0) is 11.4. The van der Waals surface area contributed by atoms with Crippen molar-refractivity contribution < 1.29 is 13.6 Å². The number of carbonyl (C=O) groups excluding carboxylic acids is 1. The van der Waals surface area contributed by atoms with Crippen molar-refractivity contribution in [2.75, 3.05) is 26.2 Å². The molecule has 1 unspecified atom stereocenters. The SMILES string of the molecule is CC(C#N)N1CCN(C(=O)C(F)F)CC1. The molecule has 0 saturated carbocycles. The fourth-order valence-electron chi connectivity index (χ4n) is 1.55. The van der Waals surface area contributed by atoms with Crippen molar-refractivity contribution in [2.24, 2.45) is 0 Å². The van der Waals surface area contributed by atoms with E-state index in [4.69, 9.17) is 5.26 Å². The molecule has 0 bridgehead atoms. The van der Waals surface area contributed by atoms with Crippen LogP contribution in [0, 0.1) is 11.3 Å². The van der Waals surface area contributed by atoms with Crippen molar-refractivity contribution in [1.29, 1.82) is 5.26 Å². The van der Waals surface area contributed by atoms with Gasteiger partial charge in [-0.25, -0.2) is 0 Å². The van der Waals surface area contributed by atoms with Crippen molar-refractivity contribution in [2.45, 2.75) is 19.4 Å². The number of hydrogen-bond acceptors (Lipinski definition) is 3. The Morgan fingerprint density at radius 1 is 1.33 bits per heavy atom. The van der Waals surface area contributed by atoms with Crippen molar-refractivity contribution in [3.63, 3.8) is 0 Å². The zero-order valence-corrected chi connectivity index (χ0v) is 8.49. The van der Waals surface area contributed by atoms with E-state index >= 15 is 0 Å². The van der Waals surface area contributed by atoms with E-state index in [0.717, 1.165) is 4.90 Å². The first-order valence-corrected chi connectivity index (χ1v) is 4.77. The minimum atomic E-state index is -2.93. The van der Waals surface area contributed by atoms with Gasteiger partial charge in [0.2, 0.25) is 0 Å². The molecule has 1 heterocycles. The van der Waals surface area contributed by atoms with Gasteiger partial charge in [-0.05, 0) is 6.92 Å². The Morgan fingerprint density at radius 3 is 2.27 bits per heavy atom. The number of nitriles is 1. The molecule has 1 aliphatic heterocycles. The summed E-state index contributed by atoms with van der Waals surface area (Å²) in [5.74, 6) is -1.11. The molecule has 1 fully saturated rings. The molecule has 0 N–H and O–H groups in total. The van der Waals surface area contributed by atoms with Crippen LogP contribution in [0.4, 0.5) is 8.78 Å². The number of amides is 1. The molecular formula is C9H13F2N3O. The van der Waals surface area contributed by atoms with E-state index in [1.54, 1.807) is 6.92 Å². The van der Waals surface area contributed by atoms with Gasteiger partial charge in [0.25, 0.3) is 5.91 Å². The predicted octanol–water partition coefficient (Wildman–Crippen LogP) is 0.308.